The van der Waals surface area contributed by atoms with Crippen molar-refractivity contribution in [2.24, 2.45) is 0 Å². The third kappa shape index (κ3) is 0.975. The minimum atomic E-state index is 0.134. The topological polar surface area (TPSA) is 32.8 Å². The van der Waals surface area contributed by atoms with Gasteiger partial charge in [0.2, 0.25) is 0 Å². The Bertz CT molecular complexity index is 408. The first kappa shape index (κ1) is 7.55. The predicted molar refractivity (Wildman–Crippen MR) is 49.1 cm³/mol. The van der Waals surface area contributed by atoms with Crippen molar-refractivity contribution in [2.75, 3.05) is 0 Å². The van der Waals surface area contributed by atoms with Gasteiger partial charge >= 0.3 is 0 Å². The molecule has 1 heterocycles. The fourth-order valence-corrected chi connectivity index (χ4v) is 2.20. The molecule has 2 rings (SSSR count). The van der Waals surface area contributed by atoms with Crippen LogP contribution in [0.1, 0.15) is 12.5 Å². The molecule has 0 aliphatic carbocycles. The highest BCUT2D eigenvalue weighted by atomic mass is 32.1. The van der Waals surface area contributed by atoms with Crippen molar-refractivity contribution in [2.45, 2.75) is 13.3 Å². The van der Waals surface area contributed by atoms with Crippen molar-refractivity contribution in [1.82, 2.24) is 4.98 Å². The molecule has 0 aliphatic heterocycles. The standard InChI is InChI=1S/C9H8NOS/c1-2-6-8(11)4-3-7-9(6)12-5-10-7/h3-5H,2H2,1H3. The smallest absolute Gasteiger partial charge is 0.183 e. The van der Waals surface area contributed by atoms with Gasteiger partial charge in [-0.1, -0.05) is 6.92 Å². The molecule has 1 radical (unpaired) electrons. The van der Waals surface area contributed by atoms with Crippen molar-refractivity contribution < 1.29 is 5.11 Å². The molecule has 0 bridgehead atoms. The molecule has 2 nitrogen and oxygen atoms in total. The summed E-state index contributed by atoms with van der Waals surface area (Å²) in [7, 11) is 0. The molecule has 3 heteroatoms. The zero-order chi connectivity index (χ0) is 8.55. The largest absolute Gasteiger partial charge is 0.290 e. The Morgan fingerprint density at radius 1 is 1.50 bits per heavy atom. The normalized spacial score (nSPS) is 10.8. The molecule has 0 saturated heterocycles. The summed E-state index contributed by atoms with van der Waals surface area (Å²) in [5, 5.41) is 11.3. The van der Waals surface area contributed by atoms with Crippen molar-refractivity contribution in [3.05, 3.63) is 23.2 Å². The van der Waals surface area contributed by atoms with E-state index in [4.69, 9.17) is 0 Å². The summed E-state index contributed by atoms with van der Waals surface area (Å²) in [5.41, 5.74) is 3.62. The summed E-state index contributed by atoms with van der Waals surface area (Å²) >= 11 is 1.54. The van der Waals surface area contributed by atoms with Crippen LogP contribution in [0.3, 0.4) is 0 Å². The van der Waals surface area contributed by atoms with Gasteiger partial charge in [-0.3, -0.25) is 5.11 Å². The molecule has 1 aromatic carbocycles. The van der Waals surface area contributed by atoms with Gasteiger partial charge in [-0.2, -0.15) is 0 Å². The minimum Gasteiger partial charge on any atom is -0.290 e. The zero-order valence-electron chi connectivity index (χ0n) is 6.70. The van der Waals surface area contributed by atoms with E-state index in [1.165, 1.54) is 0 Å². The maximum atomic E-state index is 11.3. The number of nitrogens with zero attached hydrogens (tertiary/aromatic N) is 1. The Balaban J connectivity index is 2.83. The molecule has 0 saturated carbocycles. The van der Waals surface area contributed by atoms with Crippen LogP contribution in [0.2, 0.25) is 0 Å². The quantitative estimate of drug-likeness (QED) is 0.660. The molecule has 0 N–H and O–H groups in total. The van der Waals surface area contributed by atoms with E-state index in [0.29, 0.717) is 0 Å². The maximum Gasteiger partial charge on any atom is 0.183 e. The van der Waals surface area contributed by atoms with Crippen LogP contribution < -0.4 is 0 Å². The van der Waals surface area contributed by atoms with Crippen LogP contribution in [0.15, 0.2) is 17.6 Å². The number of benzene rings is 1. The number of rotatable bonds is 1. The SMILES string of the molecule is CCc1c([O])ccc2ncsc12. The highest BCUT2D eigenvalue weighted by Crippen LogP contribution is 2.29. The van der Waals surface area contributed by atoms with Gasteiger partial charge < -0.3 is 0 Å². The van der Waals surface area contributed by atoms with Crippen LogP contribution >= 0.6 is 11.3 Å². The Kier molecular flexibility index (Phi) is 1.73. The van der Waals surface area contributed by atoms with Crippen LogP contribution in [0.4, 0.5) is 0 Å². The van der Waals surface area contributed by atoms with Crippen LogP contribution in [0.25, 0.3) is 10.2 Å². The number of aryl methyl sites for hydroxylation is 1. The third-order valence-corrected chi connectivity index (χ3v) is 2.81. The first-order chi connectivity index (χ1) is 5.83. The molecule has 0 unspecified atom stereocenters. The van der Waals surface area contributed by atoms with Gasteiger partial charge in [0.25, 0.3) is 0 Å². The van der Waals surface area contributed by atoms with E-state index < -0.39 is 0 Å². The summed E-state index contributed by atoms with van der Waals surface area (Å²) in [4.78, 5) is 4.15. The van der Waals surface area contributed by atoms with E-state index >= 15 is 0 Å². The Hall–Kier alpha value is -1.09. The molecular formula is C9H8NOS. The zero-order valence-corrected chi connectivity index (χ0v) is 7.52. The van der Waals surface area contributed by atoms with Crippen LogP contribution in [-0.2, 0) is 11.5 Å². The van der Waals surface area contributed by atoms with Crippen molar-refractivity contribution in [3.63, 3.8) is 0 Å². The van der Waals surface area contributed by atoms with Crippen molar-refractivity contribution in [1.29, 1.82) is 0 Å². The van der Waals surface area contributed by atoms with E-state index in [1.807, 2.05) is 6.92 Å². The lowest BCUT2D eigenvalue weighted by Gasteiger charge is -1.98. The fraction of sp³-hybridized carbons (Fsp3) is 0.222. The Labute approximate surface area is 74.5 Å². The molecule has 0 spiro atoms. The monoisotopic (exact) mass is 178 g/mol. The maximum absolute atomic E-state index is 11.3. The van der Waals surface area contributed by atoms with E-state index in [2.05, 4.69) is 4.98 Å². The van der Waals surface area contributed by atoms with Crippen LogP contribution in [0, 0.1) is 0 Å². The second-order valence-electron chi connectivity index (χ2n) is 2.60. The highest BCUT2D eigenvalue weighted by molar-refractivity contribution is 7.17. The third-order valence-electron chi connectivity index (χ3n) is 1.91. The first-order valence-corrected chi connectivity index (χ1v) is 4.73. The lowest BCUT2D eigenvalue weighted by molar-refractivity contribution is 0.351. The average molecular weight is 178 g/mol. The summed E-state index contributed by atoms with van der Waals surface area (Å²) in [6.07, 6.45) is 0.790. The summed E-state index contributed by atoms with van der Waals surface area (Å²) in [6.45, 7) is 2.00. The number of aromatic nitrogens is 1. The molecule has 0 amide bonds. The molecule has 61 valence electrons. The summed E-state index contributed by atoms with van der Waals surface area (Å²) in [6, 6.07) is 3.38. The molecule has 12 heavy (non-hydrogen) atoms. The van der Waals surface area contributed by atoms with E-state index in [-0.39, 0.29) is 5.75 Å². The van der Waals surface area contributed by atoms with E-state index in [0.717, 1.165) is 22.2 Å². The van der Waals surface area contributed by atoms with Gasteiger partial charge in [0.1, 0.15) is 0 Å². The Morgan fingerprint density at radius 2 is 2.33 bits per heavy atom. The molecular weight excluding hydrogens is 170 g/mol. The van der Waals surface area contributed by atoms with Gasteiger partial charge in [0.15, 0.2) is 5.75 Å². The van der Waals surface area contributed by atoms with Gasteiger partial charge in [0.05, 0.1) is 15.7 Å². The van der Waals surface area contributed by atoms with Crippen molar-refractivity contribution in [3.8, 4) is 5.75 Å². The molecule has 0 atom stereocenters. The van der Waals surface area contributed by atoms with Crippen molar-refractivity contribution >= 4 is 21.6 Å². The average Bonchev–Trinajstić information content (AvgIpc) is 2.52. The van der Waals surface area contributed by atoms with E-state index in [1.54, 1.807) is 29.0 Å². The minimum absolute atomic E-state index is 0.134. The second-order valence-corrected chi connectivity index (χ2v) is 3.45. The lowest BCUT2D eigenvalue weighted by Crippen LogP contribution is -1.80. The van der Waals surface area contributed by atoms with Gasteiger partial charge in [-0.15, -0.1) is 11.3 Å². The summed E-state index contributed by atoms with van der Waals surface area (Å²) in [5.74, 6) is 0.134. The van der Waals surface area contributed by atoms with Crippen LogP contribution in [0.5, 0.6) is 5.75 Å². The summed E-state index contributed by atoms with van der Waals surface area (Å²) < 4.78 is 1.05. The highest BCUT2D eigenvalue weighted by Gasteiger charge is 2.07. The molecule has 2 aromatic rings. The molecule has 0 fully saturated rings. The molecule has 0 aliphatic rings. The number of thiazole rings is 1. The Morgan fingerprint density at radius 3 is 3.08 bits per heavy atom. The number of hydrogen-bond donors (Lipinski definition) is 0. The second kappa shape index (κ2) is 2.75. The van der Waals surface area contributed by atoms with Gasteiger partial charge in [0, 0.05) is 5.56 Å². The first-order valence-electron chi connectivity index (χ1n) is 3.85. The van der Waals surface area contributed by atoms with Crippen LogP contribution in [-0.4, -0.2) is 4.98 Å². The predicted octanol–water partition coefficient (Wildman–Crippen LogP) is 3.00. The number of fused-ring (bicyclic) bond motifs is 1. The van der Waals surface area contributed by atoms with E-state index in [9.17, 15) is 5.11 Å². The molecule has 1 aromatic heterocycles. The van der Waals surface area contributed by atoms with Gasteiger partial charge in [-0.05, 0) is 18.6 Å². The fourth-order valence-electron chi connectivity index (χ4n) is 1.30. The number of hydrogen-bond acceptors (Lipinski definition) is 2. The lowest BCUT2D eigenvalue weighted by atomic mass is 10.1. The van der Waals surface area contributed by atoms with Gasteiger partial charge in [-0.25, -0.2) is 4.98 Å².